The molecule has 6 nitrogen and oxygen atoms in total. The number of rotatable bonds is 3. The Balaban J connectivity index is 1.42. The topological polar surface area (TPSA) is 71.2 Å². The highest BCUT2D eigenvalue weighted by Crippen LogP contribution is 2.41. The second kappa shape index (κ2) is 6.96. The van der Waals surface area contributed by atoms with Crippen LogP contribution in [0.5, 0.6) is 0 Å². The molecule has 0 spiro atoms. The third-order valence-electron chi connectivity index (χ3n) is 5.59. The SMILES string of the molecule is O=C(Cc1ccc(F)cc1Cl)N1C[C@H]2C[C@@H](n3cncn3)[C@H](O)C[C@H]2C1. The zero-order valence-electron chi connectivity index (χ0n) is 14.1. The van der Waals surface area contributed by atoms with Gasteiger partial charge in [-0.2, -0.15) is 5.10 Å². The Bertz CT molecular complexity index is 800. The largest absolute Gasteiger partial charge is 0.391 e. The van der Waals surface area contributed by atoms with E-state index in [-0.39, 0.29) is 29.3 Å². The van der Waals surface area contributed by atoms with Crippen molar-refractivity contribution >= 4 is 17.5 Å². The molecule has 1 saturated heterocycles. The molecule has 1 amide bonds. The Morgan fingerprint density at radius 3 is 2.77 bits per heavy atom. The molecule has 0 unspecified atom stereocenters. The van der Waals surface area contributed by atoms with Crippen molar-refractivity contribution in [3.63, 3.8) is 0 Å². The normalized spacial score (nSPS) is 28.2. The molecule has 1 saturated carbocycles. The maximum atomic E-state index is 13.2. The monoisotopic (exact) mass is 378 g/mol. The zero-order chi connectivity index (χ0) is 18.3. The molecule has 2 aliphatic rings. The standard InChI is InChI=1S/C18H20ClFN4O2/c19-15-6-14(20)2-1-11(15)5-18(26)23-7-12-3-16(24-10-21-9-22-24)17(25)4-13(12)8-23/h1-2,6,9-10,12-13,16-17,25H,3-5,7-8H2/t12-,13+,16-,17-/m1/s1. The van der Waals surface area contributed by atoms with Crippen LogP contribution < -0.4 is 0 Å². The molecule has 1 aliphatic carbocycles. The number of hydrogen-bond donors (Lipinski definition) is 1. The predicted octanol–water partition coefficient (Wildman–Crippen LogP) is 2.08. The van der Waals surface area contributed by atoms with E-state index in [0.29, 0.717) is 31.0 Å². The van der Waals surface area contributed by atoms with Crippen molar-refractivity contribution in [1.29, 1.82) is 0 Å². The molecule has 1 N–H and O–H groups in total. The van der Waals surface area contributed by atoms with Crippen molar-refractivity contribution in [2.45, 2.75) is 31.4 Å². The van der Waals surface area contributed by atoms with Gasteiger partial charge in [-0.1, -0.05) is 17.7 Å². The highest BCUT2D eigenvalue weighted by Gasteiger charge is 2.43. The number of benzene rings is 1. The van der Waals surface area contributed by atoms with Crippen molar-refractivity contribution in [2.24, 2.45) is 11.8 Å². The van der Waals surface area contributed by atoms with Gasteiger partial charge < -0.3 is 10.0 Å². The predicted molar refractivity (Wildman–Crippen MR) is 93.0 cm³/mol. The van der Waals surface area contributed by atoms with Gasteiger partial charge >= 0.3 is 0 Å². The molecule has 2 aromatic rings. The first-order chi connectivity index (χ1) is 12.5. The van der Waals surface area contributed by atoms with Crippen molar-refractivity contribution < 1.29 is 14.3 Å². The molecule has 2 heterocycles. The van der Waals surface area contributed by atoms with E-state index in [2.05, 4.69) is 10.1 Å². The molecule has 138 valence electrons. The minimum Gasteiger partial charge on any atom is -0.391 e. The first kappa shape index (κ1) is 17.4. The van der Waals surface area contributed by atoms with Crippen LogP contribution in [-0.4, -0.2) is 49.9 Å². The molecule has 26 heavy (non-hydrogen) atoms. The lowest BCUT2D eigenvalue weighted by Gasteiger charge is -2.34. The van der Waals surface area contributed by atoms with Gasteiger partial charge in [-0.15, -0.1) is 0 Å². The number of hydrogen-bond acceptors (Lipinski definition) is 4. The molecule has 1 aliphatic heterocycles. The van der Waals surface area contributed by atoms with Crippen LogP contribution in [0.15, 0.2) is 30.9 Å². The first-order valence-electron chi connectivity index (χ1n) is 8.75. The van der Waals surface area contributed by atoms with Gasteiger partial charge in [0.2, 0.25) is 5.91 Å². The molecule has 1 aromatic carbocycles. The highest BCUT2D eigenvalue weighted by molar-refractivity contribution is 6.31. The molecule has 4 rings (SSSR count). The van der Waals surface area contributed by atoms with Crippen LogP contribution in [0.25, 0.3) is 0 Å². The van der Waals surface area contributed by atoms with E-state index in [1.807, 2.05) is 4.90 Å². The van der Waals surface area contributed by atoms with Gasteiger partial charge in [0.15, 0.2) is 0 Å². The third kappa shape index (κ3) is 3.33. The molecular formula is C18H20ClFN4O2. The number of aromatic nitrogens is 3. The fourth-order valence-electron chi connectivity index (χ4n) is 4.22. The van der Waals surface area contributed by atoms with Gasteiger partial charge in [0.05, 0.1) is 18.6 Å². The van der Waals surface area contributed by atoms with E-state index < -0.39 is 11.9 Å². The van der Waals surface area contributed by atoms with Crippen LogP contribution >= 0.6 is 11.6 Å². The second-order valence-corrected chi connectivity index (χ2v) is 7.62. The Morgan fingerprint density at radius 2 is 2.08 bits per heavy atom. The highest BCUT2D eigenvalue weighted by atomic mass is 35.5. The lowest BCUT2D eigenvalue weighted by Crippen LogP contribution is -2.36. The maximum absolute atomic E-state index is 13.2. The number of halogens is 2. The molecular weight excluding hydrogens is 359 g/mol. The number of likely N-dealkylation sites (tertiary alicyclic amines) is 1. The zero-order valence-corrected chi connectivity index (χ0v) is 14.9. The summed E-state index contributed by atoms with van der Waals surface area (Å²) in [7, 11) is 0. The first-order valence-corrected chi connectivity index (χ1v) is 9.13. The summed E-state index contributed by atoms with van der Waals surface area (Å²) in [4.78, 5) is 18.5. The molecule has 4 atom stereocenters. The van der Waals surface area contributed by atoms with Gasteiger partial charge in [-0.05, 0) is 42.4 Å². The molecule has 8 heteroatoms. The summed E-state index contributed by atoms with van der Waals surface area (Å²) in [6.07, 6.45) is 4.19. The minimum absolute atomic E-state index is 0.0142. The van der Waals surface area contributed by atoms with Gasteiger partial charge in [0, 0.05) is 18.1 Å². The summed E-state index contributed by atoms with van der Waals surface area (Å²) in [6, 6.07) is 4.01. The van der Waals surface area contributed by atoms with Crippen LogP contribution in [0.2, 0.25) is 5.02 Å². The smallest absolute Gasteiger partial charge is 0.227 e. The number of aliphatic hydroxyl groups excluding tert-OH is 1. The molecule has 0 radical (unpaired) electrons. The van der Waals surface area contributed by atoms with Crippen molar-refractivity contribution in [2.75, 3.05) is 13.1 Å². The Kier molecular flexibility index (Phi) is 4.67. The van der Waals surface area contributed by atoms with Crippen LogP contribution in [0.1, 0.15) is 24.4 Å². The number of amides is 1. The van der Waals surface area contributed by atoms with Gasteiger partial charge in [0.1, 0.15) is 18.5 Å². The van der Waals surface area contributed by atoms with Crippen molar-refractivity contribution in [3.8, 4) is 0 Å². The third-order valence-corrected chi connectivity index (χ3v) is 5.95. The van der Waals surface area contributed by atoms with Crippen LogP contribution in [-0.2, 0) is 11.2 Å². The average Bonchev–Trinajstić information content (AvgIpc) is 3.25. The van der Waals surface area contributed by atoms with E-state index in [1.54, 1.807) is 17.1 Å². The summed E-state index contributed by atoms with van der Waals surface area (Å²) in [5.41, 5.74) is 0.633. The van der Waals surface area contributed by atoms with E-state index in [0.717, 1.165) is 6.42 Å². The second-order valence-electron chi connectivity index (χ2n) is 7.21. The average molecular weight is 379 g/mol. The van der Waals surface area contributed by atoms with Crippen molar-refractivity contribution in [3.05, 3.63) is 47.3 Å². The fraction of sp³-hybridized carbons (Fsp3) is 0.500. The summed E-state index contributed by atoms with van der Waals surface area (Å²) in [6.45, 7) is 1.31. The van der Waals surface area contributed by atoms with Gasteiger partial charge in [0.25, 0.3) is 0 Å². The molecule has 2 fully saturated rings. The van der Waals surface area contributed by atoms with E-state index in [9.17, 15) is 14.3 Å². The summed E-state index contributed by atoms with van der Waals surface area (Å²) in [5, 5.41) is 14.9. The maximum Gasteiger partial charge on any atom is 0.227 e. The molecule has 1 aromatic heterocycles. The Hall–Kier alpha value is -1.99. The summed E-state index contributed by atoms with van der Waals surface area (Å²) >= 11 is 6.04. The summed E-state index contributed by atoms with van der Waals surface area (Å²) < 4.78 is 14.9. The number of fused-ring (bicyclic) bond motifs is 1. The van der Waals surface area contributed by atoms with Crippen LogP contribution in [0.4, 0.5) is 4.39 Å². The fourth-order valence-corrected chi connectivity index (χ4v) is 4.46. The van der Waals surface area contributed by atoms with Crippen LogP contribution in [0.3, 0.4) is 0 Å². The van der Waals surface area contributed by atoms with Crippen LogP contribution in [0, 0.1) is 17.7 Å². The number of nitrogens with zero attached hydrogens (tertiary/aromatic N) is 4. The number of carbonyl (C=O) groups is 1. The van der Waals surface area contributed by atoms with E-state index in [1.165, 1.54) is 18.5 Å². The quantitative estimate of drug-likeness (QED) is 0.887. The molecule has 0 bridgehead atoms. The minimum atomic E-state index is -0.487. The number of aliphatic hydroxyl groups is 1. The Morgan fingerprint density at radius 1 is 1.31 bits per heavy atom. The van der Waals surface area contributed by atoms with E-state index in [4.69, 9.17) is 11.6 Å². The lowest BCUT2D eigenvalue weighted by molar-refractivity contribution is -0.129. The lowest BCUT2D eigenvalue weighted by atomic mass is 9.77. The summed E-state index contributed by atoms with van der Waals surface area (Å²) in [5.74, 6) is 0.198. The Labute approximate surface area is 155 Å². The van der Waals surface area contributed by atoms with Gasteiger partial charge in [-0.25, -0.2) is 14.1 Å². The van der Waals surface area contributed by atoms with Crippen molar-refractivity contribution in [1.82, 2.24) is 19.7 Å². The van der Waals surface area contributed by atoms with Gasteiger partial charge in [-0.3, -0.25) is 4.79 Å². The van der Waals surface area contributed by atoms with E-state index >= 15 is 0 Å². The number of carbonyl (C=O) groups excluding carboxylic acids is 1.